The number of carboxylic acids is 1. The molecule has 1 aromatic carbocycles. The van der Waals surface area contributed by atoms with E-state index in [1.165, 1.54) is 0 Å². The molecular formula is C12H14F3N3O3. The molecule has 0 aliphatic rings. The average Bonchev–Trinajstić information content (AvgIpc) is 2.37. The van der Waals surface area contributed by atoms with Gasteiger partial charge in [-0.1, -0.05) is 0 Å². The lowest BCUT2D eigenvalue weighted by Gasteiger charge is -2.12. The van der Waals surface area contributed by atoms with Crippen LogP contribution < -0.4 is 16.4 Å². The molecule has 0 bridgehead atoms. The zero-order valence-corrected chi connectivity index (χ0v) is 10.8. The first-order chi connectivity index (χ1) is 9.75. The molecule has 116 valence electrons. The van der Waals surface area contributed by atoms with E-state index >= 15 is 0 Å². The number of carboxylic acid groups (broad SMARTS) is 1. The lowest BCUT2D eigenvalue weighted by molar-refractivity contribution is -0.137. The molecular weight excluding hydrogens is 291 g/mol. The van der Waals surface area contributed by atoms with Crippen LogP contribution in [0, 0.1) is 0 Å². The van der Waals surface area contributed by atoms with Gasteiger partial charge < -0.3 is 21.5 Å². The molecule has 0 heterocycles. The molecule has 2 amide bonds. The van der Waals surface area contributed by atoms with Crippen LogP contribution in [-0.2, 0) is 6.18 Å². The van der Waals surface area contributed by atoms with Gasteiger partial charge in [0, 0.05) is 6.54 Å². The second-order valence-electron chi connectivity index (χ2n) is 4.09. The molecule has 5 N–H and O–H groups in total. The minimum Gasteiger partial charge on any atom is -0.478 e. The Bertz CT molecular complexity index is 532. The Balaban J connectivity index is 2.92. The number of urea groups is 1. The third-order valence-electron chi connectivity index (χ3n) is 2.49. The van der Waals surface area contributed by atoms with Gasteiger partial charge in [-0.15, -0.1) is 0 Å². The Kier molecular flexibility index (Phi) is 5.53. The van der Waals surface area contributed by atoms with Crippen molar-refractivity contribution < 1.29 is 27.9 Å². The Hall–Kier alpha value is -2.29. The number of hydrogen-bond acceptors (Lipinski definition) is 3. The monoisotopic (exact) mass is 305 g/mol. The van der Waals surface area contributed by atoms with Crippen LogP contribution in [0.15, 0.2) is 18.2 Å². The van der Waals surface area contributed by atoms with Crippen LogP contribution in [0.3, 0.4) is 0 Å². The third-order valence-corrected chi connectivity index (χ3v) is 2.49. The molecule has 6 nitrogen and oxygen atoms in total. The number of aromatic carboxylic acids is 1. The summed E-state index contributed by atoms with van der Waals surface area (Å²) in [5, 5.41) is 13.5. The SMILES string of the molecule is NCCCNC(=O)Nc1ccc(C(F)(F)F)cc1C(=O)O. The normalized spacial score (nSPS) is 11.0. The highest BCUT2D eigenvalue weighted by atomic mass is 19.4. The highest BCUT2D eigenvalue weighted by molar-refractivity contribution is 6.00. The number of anilines is 1. The second-order valence-corrected chi connectivity index (χ2v) is 4.09. The molecule has 0 spiro atoms. The van der Waals surface area contributed by atoms with Gasteiger partial charge in [0.25, 0.3) is 0 Å². The van der Waals surface area contributed by atoms with Crippen molar-refractivity contribution in [1.82, 2.24) is 5.32 Å². The maximum atomic E-state index is 12.5. The van der Waals surface area contributed by atoms with E-state index in [-0.39, 0.29) is 12.2 Å². The molecule has 0 aliphatic carbocycles. The summed E-state index contributed by atoms with van der Waals surface area (Å²) in [5.74, 6) is -1.57. The van der Waals surface area contributed by atoms with Gasteiger partial charge in [0.05, 0.1) is 16.8 Å². The van der Waals surface area contributed by atoms with Gasteiger partial charge in [-0.2, -0.15) is 13.2 Å². The van der Waals surface area contributed by atoms with Crippen molar-refractivity contribution in [2.75, 3.05) is 18.4 Å². The van der Waals surface area contributed by atoms with Crippen molar-refractivity contribution in [3.05, 3.63) is 29.3 Å². The first-order valence-electron chi connectivity index (χ1n) is 5.95. The van der Waals surface area contributed by atoms with Gasteiger partial charge in [-0.3, -0.25) is 0 Å². The first kappa shape index (κ1) is 16.8. The van der Waals surface area contributed by atoms with Crippen LogP contribution in [0.1, 0.15) is 22.3 Å². The Labute approximate surface area is 118 Å². The molecule has 0 atom stereocenters. The minimum absolute atomic E-state index is 0.222. The summed E-state index contributed by atoms with van der Waals surface area (Å²) >= 11 is 0. The number of benzene rings is 1. The van der Waals surface area contributed by atoms with E-state index in [0.717, 1.165) is 6.07 Å². The molecule has 0 radical (unpaired) electrons. The molecule has 1 rings (SSSR count). The van der Waals surface area contributed by atoms with Crippen molar-refractivity contribution in [3.63, 3.8) is 0 Å². The second kappa shape index (κ2) is 6.93. The minimum atomic E-state index is -4.66. The van der Waals surface area contributed by atoms with E-state index in [2.05, 4.69) is 10.6 Å². The average molecular weight is 305 g/mol. The number of alkyl halides is 3. The fourth-order valence-electron chi connectivity index (χ4n) is 1.48. The number of carbonyl (C=O) groups excluding carboxylic acids is 1. The van der Waals surface area contributed by atoms with E-state index in [9.17, 15) is 22.8 Å². The predicted molar refractivity (Wildman–Crippen MR) is 69.1 cm³/mol. The highest BCUT2D eigenvalue weighted by Crippen LogP contribution is 2.31. The largest absolute Gasteiger partial charge is 0.478 e. The lowest BCUT2D eigenvalue weighted by atomic mass is 10.1. The lowest BCUT2D eigenvalue weighted by Crippen LogP contribution is -2.31. The Morgan fingerprint density at radius 3 is 2.48 bits per heavy atom. The van der Waals surface area contributed by atoms with Crippen LogP contribution in [0.2, 0.25) is 0 Å². The maximum absolute atomic E-state index is 12.5. The van der Waals surface area contributed by atoms with Crippen LogP contribution in [0.25, 0.3) is 0 Å². The van der Waals surface area contributed by atoms with Crippen molar-refractivity contribution in [2.45, 2.75) is 12.6 Å². The van der Waals surface area contributed by atoms with Gasteiger partial charge in [0.2, 0.25) is 0 Å². The molecule has 9 heteroatoms. The molecule has 0 aromatic heterocycles. The molecule has 1 aromatic rings. The summed E-state index contributed by atoms with van der Waals surface area (Å²) in [5.41, 5.74) is 3.27. The number of nitrogens with one attached hydrogen (secondary N) is 2. The van der Waals surface area contributed by atoms with Crippen LogP contribution >= 0.6 is 0 Å². The number of halogens is 3. The van der Waals surface area contributed by atoms with Crippen LogP contribution in [0.5, 0.6) is 0 Å². The van der Waals surface area contributed by atoms with Gasteiger partial charge in [0.1, 0.15) is 0 Å². The maximum Gasteiger partial charge on any atom is 0.416 e. The number of hydrogen-bond donors (Lipinski definition) is 4. The third kappa shape index (κ3) is 4.95. The molecule has 0 aliphatic heterocycles. The van der Waals surface area contributed by atoms with Gasteiger partial charge in [-0.25, -0.2) is 9.59 Å². The standard InChI is InChI=1S/C12H14F3N3O3/c13-12(14,15)7-2-3-9(8(6-7)10(19)20)18-11(21)17-5-1-4-16/h2-3,6H,1,4-5,16H2,(H,19,20)(H2,17,18,21). The van der Waals surface area contributed by atoms with Gasteiger partial charge in [0.15, 0.2) is 0 Å². The van der Waals surface area contributed by atoms with E-state index in [1.54, 1.807) is 0 Å². The number of amides is 2. The van der Waals surface area contributed by atoms with Gasteiger partial charge in [-0.05, 0) is 31.2 Å². The quantitative estimate of drug-likeness (QED) is 0.623. The molecule has 21 heavy (non-hydrogen) atoms. The molecule has 0 unspecified atom stereocenters. The van der Waals surface area contributed by atoms with E-state index in [1.807, 2.05) is 0 Å². The van der Waals surface area contributed by atoms with Crippen LogP contribution in [0.4, 0.5) is 23.7 Å². The summed E-state index contributed by atoms with van der Waals surface area (Å²) in [6, 6.07) is 1.35. The number of rotatable bonds is 5. The number of nitrogens with two attached hydrogens (primary N) is 1. The topological polar surface area (TPSA) is 104 Å². The van der Waals surface area contributed by atoms with Crippen molar-refractivity contribution in [1.29, 1.82) is 0 Å². The fourth-order valence-corrected chi connectivity index (χ4v) is 1.48. The van der Waals surface area contributed by atoms with E-state index in [0.29, 0.717) is 25.1 Å². The summed E-state index contributed by atoms with van der Waals surface area (Å²) in [6.45, 7) is 0.631. The number of carbonyl (C=O) groups is 2. The zero-order valence-electron chi connectivity index (χ0n) is 10.8. The van der Waals surface area contributed by atoms with E-state index in [4.69, 9.17) is 10.8 Å². The van der Waals surface area contributed by atoms with Crippen molar-refractivity contribution in [2.24, 2.45) is 5.73 Å². The molecule has 0 saturated heterocycles. The summed E-state index contributed by atoms with van der Waals surface area (Å²) in [4.78, 5) is 22.5. The highest BCUT2D eigenvalue weighted by Gasteiger charge is 2.32. The molecule has 0 fully saturated rings. The summed E-state index contributed by atoms with van der Waals surface area (Å²) in [6.07, 6.45) is -4.14. The van der Waals surface area contributed by atoms with Crippen molar-refractivity contribution in [3.8, 4) is 0 Å². The van der Waals surface area contributed by atoms with Crippen molar-refractivity contribution >= 4 is 17.7 Å². The smallest absolute Gasteiger partial charge is 0.416 e. The van der Waals surface area contributed by atoms with Crippen LogP contribution in [-0.4, -0.2) is 30.2 Å². The zero-order chi connectivity index (χ0) is 16.0. The molecule has 0 saturated carbocycles. The first-order valence-corrected chi connectivity index (χ1v) is 5.95. The Morgan fingerprint density at radius 2 is 1.95 bits per heavy atom. The van der Waals surface area contributed by atoms with Gasteiger partial charge >= 0.3 is 18.2 Å². The van der Waals surface area contributed by atoms with E-state index < -0.39 is 29.3 Å². The summed E-state index contributed by atoms with van der Waals surface area (Å²) in [7, 11) is 0. The fraction of sp³-hybridized carbons (Fsp3) is 0.333. The predicted octanol–water partition coefficient (Wildman–Crippen LogP) is 1.87. The Morgan fingerprint density at radius 1 is 1.29 bits per heavy atom. The summed E-state index contributed by atoms with van der Waals surface area (Å²) < 4.78 is 37.6.